The highest BCUT2D eigenvalue weighted by Gasteiger charge is 2.39. The van der Waals surface area contributed by atoms with E-state index < -0.39 is 50.3 Å². The van der Waals surface area contributed by atoms with Crippen LogP contribution in [0.2, 0.25) is 0 Å². The van der Waals surface area contributed by atoms with Crippen LogP contribution in [0.15, 0.2) is 54.6 Å². The molecule has 3 aromatic rings. The number of nitrogens with one attached hydrogen (secondary N) is 1. The number of aliphatic hydroxyl groups excluding tert-OH is 1. The Morgan fingerprint density at radius 1 is 0.977 bits per heavy atom. The highest BCUT2D eigenvalue weighted by Crippen LogP contribution is 2.35. The zero-order valence-corrected chi connectivity index (χ0v) is 23.7. The van der Waals surface area contributed by atoms with Crippen LogP contribution in [0.3, 0.4) is 0 Å². The van der Waals surface area contributed by atoms with Crippen molar-refractivity contribution in [2.24, 2.45) is 5.73 Å². The van der Waals surface area contributed by atoms with Gasteiger partial charge in [-0.05, 0) is 75.3 Å². The van der Waals surface area contributed by atoms with Crippen LogP contribution in [-0.2, 0) is 32.1 Å². The van der Waals surface area contributed by atoms with Crippen molar-refractivity contribution in [2.75, 3.05) is 6.54 Å². The highest BCUT2D eigenvalue weighted by atomic mass is 16.5. The first-order chi connectivity index (χ1) is 21.1. The summed E-state index contributed by atoms with van der Waals surface area (Å²) in [6.07, 6.45) is -0.760. The second-order valence-corrected chi connectivity index (χ2v) is 11.2. The summed E-state index contributed by atoms with van der Waals surface area (Å²) in [5.74, 6) is -2.02. The minimum Gasteiger partial charge on any atom is -0.481 e. The van der Waals surface area contributed by atoms with E-state index in [-0.39, 0.29) is 31.7 Å². The van der Waals surface area contributed by atoms with E-state index >= 15 is 0 Å². The number of fused-ring (bicyclic) bond motifs is 2. The van der Waals surface area contributed by atoms with Crippen molar-refractivity contribution in [1.29, 1.82) is 0 Å². The van der Waals surface area contributed by atoms with Gasteiger partial charge in [0.15, 0.2) is 0 Å². The first-order valence-corrected chi connectivity index (χ1v) is 14.4. The predicted octanol–water partition coefficient (Wildman–Crippen LogP) is -0.325. The molecule has 2 amide bonds. The molecule has 12 nitrogen and oxygen atoms in total. The zero-order valence-electron chi connectivity index (χ0n) is 23.7. The summed E-state index contributed by atoms with van der Waals surface area (Å²) >= 11 is 0. The lowest BCUT2D eigenvalue weighted by Crippen LogP contribution is -2.47. The number of nitrogens with two attached hydrogens (primary N) is 1. The quantitative estimate of drug-likeness (QED) is 0.148. The number of hydrogen-bond donors (Lipinski definition) is 6. The summed E-state index contributed by atoms with van der Waals surface area (Å²) in [7, 11) is -2.48. The number of nitrogens with zero attached hydrogens (tertiary/aromatic N) is 1. The molecule has 3 aliphatic heterocycles. The highest BCUT2D eigenvalue weighted by molar-refractivity contribution is 6.62. The topological polar surface area (TPSA) is 192 Å². The van der Waals surface area contributed by atoms with Crippen molar-refractivity contribution in [3.63, 3.8) is 0 Å². The number of carboxylic acid groups (broad SMARTS) is 1. The Balaban J connectivity index is 1.38. The largest absolute Gasteiger partial charge is 0.491 e. The van der Waals surface area contributed by atoms with Crippen molar-refractivity contribution >= 4 is 42.9 Å². The molecule has 7 N–H and O–H groups in total. The molecule has 0 bridgehead atoms. The molecule has 3 aromatic carbocycles. The van der Waals surface area contributed by atoms with Crippen molar-refractivity contribution in [1.82, 2.24) is 10.2 Å². The van der Waals surface area contributed by atoms with E-state index in [4.69, 9.17) is 15.0 Å². The fraction of sp³-hybridized carbons (Fsp3) is 0.300. The number of amides is 2. The lowest BCUT2D eigenvalue weighted by Gasteiger charge is -2.28. The van der Waals surface area contributed by atoms with Crippen molar-refractivity contribution in [3.8, 4) is 11.1 Å². The summed E-state index contributed by atoms with van der Waals surface area (Å²) in [6.45, 7) is 0.441. The number of carbonyl (C=O) groups is 3. The van der Waals surface area contributed by atoms with Crippen LogP contribution in [0.25, 0.3) is 11.1 Å². The molecule has 0 saturated carbocycles. The third-order valence-corrected chi connectivity index (χ3v) is 8.48. The maximum absolute atomic E-state index is 14.4. The number of carbonyl (C=O) groups excluding carboxylic acids is 2. The summed E-state index contributed by atoms with van der Waals surface area (Å²) in [4.78, 5) is 41.0. The number of aliphatic hydroxyl groups is 1. The number of aliphatic carboxylic acids is 1. The van der Waals surface area contributed by atoms with Gasteiger partial charge in [0.25, 0.3) is 5.91 Å². The summed E-state index contributed by atoms with van der Waals surface area (Å²) < 4.78 is 10.9. The summed E-state index contributed by atoms with van der Waals surface area (Å²) in [6, 6.07) is 13.6. The first kappa shape index (κ1) is 30.0. The minimum absolute atomic E-state index is 0.0514. The molecule has 14 heteroatoms. The second-order valence-electron chi connectivity index (χ2n) is 11.2. The molecular formula is C30H31B2N3O9. The molecule has 0 aliphatic carbocycles. The van der Waals surface area contributed by atoms with E-state index in [0.29, 0.717) is 57.1 Å². The monoisotopic (exact) mass is 599 g/mol. The summed E-state index contributed by atoms with van der Waals surface area (Å²) in [5, 5.41) is 43.5. The average molecular weight is 599 g/mol. The van der Waals surface area contributed by atoms with Gasteiger partial charge in [0.05, 0.1) is 25.7 Å². The van der Waals surface area contributed by atoms with E-state index in [0.717, 1.165) is 0 Å². The SMILES string of the molecule is NC(O)c1cc2c(c(-c3cc4c(cc3C(=O)N3CCC[C@H]3C(=O)N[C@H](CC(=O)O)c3ccccc3)B(O)OC4)c1)COB2O. The van der Waals surface area contributed by atoms with Gasteiger partial charge >= 0.3 is 20.2 Å². The molecule has 0 spiro atoms. The molecule has 226 valence electrons. The average Bonchev–Trinajstić information content (AvgIpc) is 3.74. The molecule has 1 unspecified atom stereocenters. The van der Waals surface area contributed by atoms with Crippen LogP contribution >= 0.6 is 0 Å². The number of benzene rings is 3. The summed E-state index contributed by atoms with van der Waals surface area (Å²) in [5.41, 5.74) is 9.99. The zero-order chi connectivity index (χ0) is 31.1. The fourth-order valence-corrected chi connectivity index (χ4v) is 6.25. The Kier molecular flexibility index (Phi) is 8.29. The van der Waals surface area contributed by atoms with Gasteiger partial charge in [-0.25, -0.2) is 0 Å². The Bertz CT molecular complexity index is 1620. The van der Waals surface area contributed by atoms with E-state index in [1.807, 2.05) is 0 Å². The van der Waals surface area contributed by atoms with Crippen LogP contribution in [0.5, 0.6) is 0 Å². The van der Waals surface area contributed by atoms with Gasteiger partial charge in [0.1, 0.15) is 12.3 Å². The van der Waals surface area contributed by atoms with E-state index in [9.17, 15) is 34.6 Å². The number of likely N-dealkylation sites (tertiary alicyclic amines) is 1. The van der Waals surface area contributed by atoms with Gasteiger partial charge in [-0.3, -0.25) is 14.4 Å². The molecule has 1 fully saturated rings. The molecule has 3 aliphatic rings. The molecule has 44 heavy (non-hydrogen) atoms. The molecule has 0 radical (unpaired) electrons. The third-order valence-electron chi connectivity index (χ3n) is 8.48. The molecular weight excluding hydrogens is 568 g/mol. The second kappa shape index (κ2) is 12.2. The number of carboxylic acids is 1. The van der Waals surface area contributed by atoms with Gasteiger partial charge in [0, 0.05) is 12.1 Å². The smallest absolute Gasteiger partial charge is 0.481 e. The first-order valence-electron chi connectivity index (χ1n) is 14.4. The van der Waals surface area contributed by atoms with Crippen LogP contribution < -0.4 is 22.0 Å². The lowest BCUT2D eigenvalue weighted by atomic mass is 9.74. The molecule has 1 saturated heterocycles. The maximum atomic E-state index is 14.4. The van der Waals surface area contributed by atoms with Gasteiger partial charge in [-0.1, -0.05) is 36.4 Å². The molecule has 6 rings (SSSR count). The number of rotatable bonds is 8. The minimum atomic E-state index is -1.36. The number of hydrogen-bond acceptors (Lipinski definition) is 9. The Morgan fingerprint density at radius 2 is 1.70 bits per heavy atom. The van der Waals surface area contributed by atoms with Gasteiger partial charge in [0.2, 0.25) is 5.91 Å². The van der Waals surface area contributed by atoms with Gasteiger partial charge in [-0.15, -0.1) is 0 Å². The van der Waals surface area contributed by atoms with E-state index in [1.54, 1.807) is 54.6 Å². The van der Waals surface area contributed by atoms with Crippen LogP contribution in [0.4, 0.5) is 0 Å². The lowest BCUT2D eigenvalue weighted by molar-refractivity contribution is -0.138. The van der Waals surface area contributed by atoms with Crippen molar-refractivity contribution in [3.05, 3.63) is 82.4 Å². The third kappa shape index (κ3) is 5.63. The van der Waals surface area contributed by atoms with E-state index in [1.165, 1.54) is 4.90 Å². The Labute approximate surface area is 253 Å². The standard InChI is InChI=1S/C30H31B2N3O9/c33-28(38)17-9-20(22-15-44-32(42)24(22)11-17)19-10-18-14-43-31(41)23(18)12-21(19)30(40)35-8-4-7-26(35)29(39)34-25(13-27(36)37)16-5-2-1-3-6-16/h1-3,5-6,9-12,25-26,28,38,41-42H,4,7-8,13-15,33H2,(H,34,39)(H,36,37)/t25-,26+,28?/m1/s1. The van der Waals surface area contributed by atoms with Crippen LogP contribution in [0, 0.1) is 0 Å². The molecule has 3 atom stereocenters. The van der Waals surface area contributed by atoms with Crippen LogP contribution in [-0.4, -0.2) is 69.8 Å². The van der Waals surface area contributed by atoms with Crippen molar-refractivity contribution in [2.45, 2.75) is 50.8 Å². The maximum Gasteiger partial charge on any atom is 0.491 e. The van der Waals surface area contributed by atoms with E-state index in [2.05, 4.69) is 5.32 Å². The molecule has 3 heterocycles. The predicted molar refractivity (Wildman–Crippen MR) is 159 cm³/mol. The van der Waals surface area contributed by atoms with Crippen molar-refractivity contribution < 1.29 is 44.0 Å². The Hall–Kier alpha value is -4.04. The molecule has 0 aromatic heterocycles. The normalized spacial score (nSPS) is 18.6. The van der Waals surface area contributed by atoms with Gasteiger partial charge in [-0.2, -0.15) is 0 Å². The van der Waals surface area contributed by atoms with Crippen LogP contribution in [0.1, 0.15) is 64.1 Å². The fourth-order valence-electron chi connectivity index (χ4n) is 6.25. The Morgan fingerprint density at radius 3 is 2.43 bits per heavy atom. The van der Waals surface area contributed by atoms with Gasteiger partial charge < -0.3 is 45.5 Å².